The molecule has 1 aromatic carbocycles. The zero-order valence-corrected chi connectivity index (χ0v) is 14.0. The number of nitrogens with zero attached hydrogens (tertiary/aromatic N) is 1. The van der Waals surface area contributed by atoms with E-state index in [1.54, 1.807) is 0 Å². The van der Waals surface area contributed by atoms with Gasteiger partial charge in [0.25, 0.3) is 0 Å². The number of hydrogen-bond acceptors (Lipinski definition) is 5. The minimum absolute atomic E-state index is 0.0239. The van der Waals surface area contributed by atoms with Crippen molar-refractivity contribution in [1.29, 1.82) is 0 Å². The topological polar surface area (TPSA) is 83.0 Å². The van der Waals surface area contributed by atoms with Crippen LogP contribution in [0.2, 0.25) is 0 Å². The summed E-state index contributed by atoms with van der Waals surface area (Å²) < 4.78 is 73.4. The van der Waals surface area contributed by atoms with Crippen LogP contribution in [-0.2, 0) is 6.18 Å². The van der Waals surface area contributed by atoms with E-state index in [1.165, 1.54) is 0 Å². The van der Waals surface area contributed by atoms with Crippen LogP contribution in [0.15, 0.2) is 27.4 Å². The van der Waals surface area contributed by atoms with Crippen LogP contribution in [0.5, 0.6) is 0 Å². The van der Waals surface area contributed by atoms with E-state index >= 15 is 4.39 Å². The number of piperidine rings is 1. The fourth-order valence-electron chi connectivity index (χ4n) is 3.08. The first-order valence-electron chi connectivity index (χ1n) is 8.22. The lowest BCUT2D eigenvalue weighted by molar-refractivity contribution is -0.137. The smallest absolute Gasteiger partial charge is 0.388 e. The molecule has 1 atom stereocenters. The van der Waals surface area contributed by atoms with Crippen molar-refractivity contribution in [1.82, 2.24) is 15.5 Å². The van der Waals surface area contributed by atoms with Crippen molar-refractivity contribution in [3.63, 3.8) is 0 Å². The molecule has 6 nitrogen and oxygen atoms in total. The van der Waals surface area contributed by atoms with Crippen molar-refractivity contribution in [2.75, 3.05) is 25.1 Å². The second kappa shape index (κ2) is 7.29. The van der Waals surface area contributed by atoms with Gasteiger partial charge in [-0.25, -0.2) is 18.7 Å². The molecule has 1 aliphatic heterocycles. The van der Waals surface area contributed by atoms with E-state index in [0.29, 0.717) is 13.1 Å². The van der Waals surface area contributed by atoms with Gasteiger partial charge in [0.2, 0.25) is 5.89 Å². The summed E-state index contributed by atoms with van der Waals surface area (Å²) in [4.78, 5) is 11.1. The average Bonchev–Trinajstić information content (AvgIpc) is 3.05. The highest BCUT2D eigenvalue weighted by Gasteiger charge is 2.42. The van der Waals surface area contributed by atoms with E-state index in [9.17, 15) is 22.4 Å². The number of nitrogens with one attached hydrogen (secondary N) is 3. The molecule has 11 heteroatoms. The molecule has 1 aliphatic rings. The molecule has 0 aliphatic carbocycles. The van der Waals surface area contributed by atoms with Crippen LogP contribution < -0.4 is 16.4 Å². The molecule has 1 aromatic heterocycles. The Morgan fingerprint density at radius 2 is 2.00 bits per heavy atom. The fourth-order valence-corrected chi connectivity index (χ4v) is 3.08. The molecule has 3 rings (SSSR count). The van der Waals surface area contributed by atoms with Crippen molar-refractivity contribution in [3.05, 3.63) is 34.3 Å². The Kier molecular flexibility index (Phi) is 5.22. The second-order valence-corrected chi connectivity index (χ2v) is 6.31. The lowest BCUT2D eigenvalue weighted by atomic mass is 9.87. The maximum absolute atomic E-state index is 15.1. The van der Waals surface area contributed by atoms with Gasteiger partial charge in [-0.15, -0.1) is 5.10 Å². The van der Waals surface area contributed by atoms with Gasteiger partial charge in [-0.3, -0.25) is 0 Å². The number of aromatic amines is 1. The lowest BCUT2D eigenvalue weighted by Gasteiger charge is -2.37. The molecule has 2 heterocycles. The lowest BCUT2D eigenvalue weighted by Crippen LogP contribution is -2.51. The van der Waals surface area contributed by atoms with Gasteiger partial charge < -0.3 is 15.1 Å². The quantitative estimate of drug-likeness (QED) is 0.682. The highest BCUT2D eigenvalue weighted by Crippen LogP contribution is 2.39. The standard InChI is InChI=1S/C16H17F5N4O2/c17-8-12(15(18)3-5-22-6-4-15)23-11-7-9(13-24-25-14(26)27-13)1-2-10(11)16(19,20)21/h1-2,7,12,22-23H,3-6,8H2,(H,25,26)/t12-/m0/s1. The summed E-state index contributed by atoms with van der Waals surface area (Å²) in [7, 11) is 0. The van der Waals surface area contributed by atoms with Crippen molar-refractivity contribution in [2.45, 2.75) is 30.7 Å². The Morgan fingerprint density at radius 1 is 1.30 bits per heavy atom. The molecule has 0 radical (unpaired) electrons. The molecule has 0 unspecified atom stereocenters. The fraction of sp³-hybridized carbons (Fsp3) is 0.500. The predicted molar refractivity (Wildman–Crippen MR) is 86.9 cm³/mol. The monoisotopic (exact) mass is 392 g/mol. The molecule has 0 spiro atoms. The number of halogens is 5. The van der Waals surface area contributed by atoms with Gasteiger partial charge in [-0.1, -0.05) is 0 Å². The molecule has 148 valence electrons. The van der Waals surface area contributed by atoms with Crippen molar-refractivity contribution in [2.24, 2.45) is 0 Å². The largest absolute Gasteiger partial charge is 0.434 e. The molecule has 2 aromatic rings. The molecular formula is C16H17F5N4O2. The number of anilines is 1. The third kappa shape index (κ3) is 4.12. The van der Waals surface area contributed by atoms with Crippen LogP contribution in [0.4, 0.5) is 27.6 Å². The maximum atomic E-state index is 15.1. The Labute approximate surface area is 150 Å². The number of aromatic nitrogens is 2. The number of rotatable bonds is 5. The Morgan fingerprint density at radius 3 is 2.56 bits per heavy atom. The zero-order chi connectivity index (χ0) is 19.7. The summed E-state index contributed by atoms with van der Waals surface area (Å²) >= 11 is 0. The number of alkyl halides is 5. The molecular weight excluding hydrogens is 375 g/mol. The minimum atomic E-state index is -4.74. The van der Waals surface area contributed by atoms with Crippen molar-refractivity contribution in [3.8, 4) is 11.5 Å². The van der Waals surface area contributed by atoms with E-state index in [-0.39, 0.29) is 24.3 Å². The summed E-state index contributed by atoms with van der Waals surface area (Å²) in [5.41, 5.74) is -3.53. The highest BCUT2D eigenvalue weighted by molar-refractivity contribution is 5.65. The Bertz CT molecular complexity index is 842. The van der Waals surface area contributed by atoms with Crippen LogP contribution in [0.3, 0.4) is 0 Å². The van der Waals surface area contributed by atoms with Crippen molar-refractivity contribution < 1.29 is 26.4 Å². The van der Waals surface area contributed by atoms with Gasteiger partial charge in [0.15, 0.2) is 0 Å². The normalized spacial score (nSPS) is 18.3. The summed E-state index contributed by atoms with van der Waals surface area (Å²) in [5.74, 6) is -1.11. The van der Waals surface area contributed by atoms with Gasteiger partial charge in [-0.05, 0) is 44.1 Å². The average molecular weight is 392 g/mol. The van der Waals surface area contributed by atoms with Crippen LogP contribution in [0, 0.1) is 0 Å². The molecule has 1 saturated heterocycles. The van der Waals surface area contributed by atoms with E-state index in [1.807, 2.05) is 5.10 Å². The minimum Gasteiger partial charge on any atom is -0.388 e. The van der Waals surface area contributed by atoms with E-state index in [2.05, 4.69) is 15.7 Å². The molecule has 0 bridgehead atoms. The Hall–Kier alpha value is -2.43. The second-order valence-electron chi connectivity index (χ2n) is 6.31. The van der Waals surface area contributed by atoms with E-state index in [4.69, 9.17) is 4.42 Å². The molecule has 3 N–H and O–H groups in total. The van der Waals surface area contributed by atoms with Crippen LogP contribution in [0.1, 0.15) is 18.4 Å². The van der Waals surface area contributed by atoms with Gasteiger partial charge >= 0.3 is 11.9 Å². The number of benzene rings is 1. The summed E-state index contributed by atoms with van der Waals surface area (Å²) in [5, 5.41) is 10.9. The summed E-state index contributed by atoms with van der Waals surface area (Å²) in [6, 6.07) is 1.36. The number of H-pyrrole nitrogens is 1. The third-order valence-corrected chi connectivity index (χ3v) is 4.55. The first-order chi connectivity index (χ1) is 12.7. The van der Waals surface area contributed by atoms with Gasteiger partial charge in [-0.2, -0.15) is 13.2 Å². The van der Waals surface area contributed by atoms with Gasteiger partial charge in [0.05, 0.1) is 11.6 Å². The van der Waals surface area contributed by atoms with Crippen LogP contribution in [-0.4, -0.2) is 41.7 Å². The number of hydrogen-bond donors (Lipinski definition) is 3. The molecule has 0 amide bonds. The highest BCUT2D eigenvalue weighted by atomic mass is 19.4. The van der Waals surface area contributed by atoms with Gasteiger partial charge in [0, 0.05) is 11.3 Å². The zero-order valence-electron chi connectivity index (χ0n) is 14.0. The van der Waals surface area contributed by atoms with Crippen LogP contribution >= 0.6 is 0 Å². The summed E-state index contributed by atoms with van der Waals surface area (Å²) in [6.45, 7) is -0.575. The first-order valence-corrected chi connectivity index (χ1v) is 8.22. The summed E-state index contributed by atoms with van der Waals surface area (Å²) in [6.07, 6.45) is -4.79. The maximum Gasteiger partial charge on any atom is 0.434 e. The third-order valence-electron chi connectivity index (χ3n) is 4.55. The first kappa shape index (κ1) is 19.3. The predicted octanol–water partition coefficient (Wildman–Crippen LogP) is 2.89. The molecule has 1 fully saturated rings. The molecule has 0 saturated carbocycles. The van der Waals surface area contributed by atoms with Crippen molar-refractivity contribution >= 4 is 5.69 Å². The molecule has 27 heavy (non-hydrogen) atoms. The Balaban J connectivity index is 1.98. The van der Waals surface area contributed by atoms with Gasteiger partial charge in [0.1, 0.15) is 12.3 Å². The van der Waals surface area contributed by atoms with E-state index < -0.39 is 41.6 Å². The van der Waals surface area contributed by atoms with E-state index in [0.717, 1.165) is 18.2 Å². The SMILES string of the molecule is O=c1[nH]nc(-c2ccc(C(F)(F)F)c(N[C@@H](CF)C3(F)CCNCC3)c2)o1. The van der Waals surface area contributed by atoms with Crippen LogP contribution in [0.25, 0.3) is 11.5 Å².